The van der Waals surface area contributed by atoms with Gasteiger partial charge >= 0.3 is 5.97 Å². The van der Waals surface area contributed by atoms with Crippen molar-refractivity contribution < 1.29 is 14.4 Å². The standard InChI is InChI=1S/C5H8N2O3/c8-5-4-3-9-2-1-7(4)6-10-5/h4,6H,1-3H2. The largest absolute Gasteiger partial charge is 0.378 e. The molecule has 0 aromatic heterocycles. The summed E-state index contributed by atoms with van der Waals surface area (Å²) < 4.78 is 5.07. The van der Waals surface area contributed by atoms with E-state index in [2.05, 4.69) is 10.4 Å². The van der Waals surface area contributed by atoms with Gasteiger partial charge in [-0.25, -0.2) is 4.79 Å². The van der Waals surface area contributed by atoms with E-state index in [1.54, 1.807) is 5.01 Å². The van der Waals surface area contributed by atoms with E-state index >= 15 is 0 Å². The number of rotatable bonds is 0. The van der Waals surface area contributed by atoms with E-state index in [1.165, 1.54) is 0 Å². The molecule has 10 heavy (non-hydrogen) atoms. The molecule has 2 heterocycles. The number of hydrazine groups is 1. The van der Waals surface area contributed by atoms with Crippen molar-refractivity contribution in [3.63, 3.8) is 0 Å². The fraction of sp³-hybridized carbons (Fsp3) is 0.800. The van der Waals surface area contributed by atoms with Gasteiger partial charge in [-0.3, -0.25) is 0 Å². The second kappa shape index (κ2) is 2.19. The zero-order valence-electron chi connectivity index (χ0n) is 5.37. The third kappa shape index (κ3) is 0.792. The summed E-state index contributed by atoms with van der Waals surface area (Å²) in [5.41, 5.74) is 2.51. The van der Waals surface area contributed by atoms with Gasteiger partial charge in [0.25, 0.3) is 0 Å². The quantitative estimate of drug-likeness (QED) is 0.456. The maximum Gasteiger partial charge on any atom is 0.347 e. The Hall–Kier alpha value is -0.650. The van der Waals surface area contributed by atoms with Crippen LogP contribution in [0.5, 0.6) is 0 Å². The Labute approximate surface area is 57.8 Å². The molecule has 0 radical (unpaired) electrons. The molecule has 0 aromatic carbocycles. The van der Waals surface area contributed by atoms with Gasteiger partial charge in [0.1, 0.15) is 6.04 Å². The smallest absolute Gasteiger partial charge is 0.347 e. The van der Waals surface area contributed by atoms with Crippen LogP contribution in [0.3, 0.4) is 0 Å². The number of ether oxygens (including phenoxy) is 1. The van der Waals surface area contributed by atoms with Gasteiger partial charge in [-0.2, -0.15) is 5.01 Å². The number of carbonyl (C=O) groups is 1. The van der Waals surface area contributed by atoms with E-state index < -0.39 is 0 Å². The zero-order chi connectivity index (χ0) is 6.97. The maximum atomic E-state index is 10.8. The van der Waals surface area contributed by atoms with Crippen LogP contribution in [0.4, 0.5) is 0 Å². The summed E-state index contributed by atoms with van der Waals surface area (Å²) in [6.07, 6.45) is 0. The molecule has 1 atom stereocenters. The van der Waals surface area contributed by atoms with Crippen LogP contribution in [0.15, 0.2) is 0 Å². The van der Waals surface area contributed by atoms with Gasteiger partial charge in [0.15, 0.2) is 0 Å². The molecule has 56 valence electrons. The number of hydrogen-bond acceptors (Lipinski definition) is 5. The molecule has 0 amide bonds. The maximum absolute atomic E-state index is 10.8. The third-order valence-electron chi connectivity index (χ3n) is 1.66. The molecule has 2 aliphatic heterocycles. The highest BCUT2D eigenvalue weighted by Gasteiger charge is 2.37. The van der Waals surface area contributed by atoms with Gasteiger partial charge in [-0.05, 0) is 0 Å². The molecule has 5 nitrogen and oxygen atoms in total. The fourth-order valence-corrected chi connectivity index (χ4v) is 1.08. The van der Waals surface area contributed by atoms with Gasteiger partial charge < -0.3 is 9.57 Å². The lowest BCUT2D eigenvalue weighted by molar-refractivity contribution is -0.144. The van der Waals surface area contributed by atoms with Crippen LogP contribution < -0.4 is 5.59 Å². The third-order valence-corrected chi connectivity index (χ3v) is 1.66. The molecule has 0 saturated carbocycles. The lowest BCUT2D eigenvalue weighted by atomic mass is 10.3. The van der Waals surface area contributed by atoms with Crippen LogP contribution in [0, 0.1) is 0 Å². The van der Waals surface area contributed by atoms with Crippen molar-refractivity contribution in [3.8, 4) is 0 Å². The van der Waals surface area contributed by atoms with Crippen molar-refractivity contribution in [3.05, 3.63) is 0 Å². The molecule has 0 bridgehead atoms. The Balaban J connectivity index is 2.08. The SMILES string of the molecule is O=C1ONN2CCOCC12. The van der Waals surface area contributed by atoms with E-state index in [0.29, 0.717) is 19.8 Å². The Morgan fingerprint density at radius 2 is 2.60 bits per heavy atom. The Morgan fingerprint density at radius 3 is 3.40 bits per heavy atom. The topological polar surface area (TPSA) is 50.8 Å². The highest BCUT2D eigenvalue weighted by molar-refractivity contribution is 5.76. The summed E-state index contributed by atoms with van der Waals surface area (Å²) in [6.45, 7) is 1.79. The lowest BCUT2D eigenvalue weighted by Gasteiger charge is -2.23. The molecular weight excluding hydrogens is 136 g/mol. The summed E-state index contributed by atoms with van der Waals surface area (Å²) in [6, 6.07) is -0.228. The van der Waals surface area contributed by atoms with Crippen molar-refractivity contribution in [2.24, 2.45) is 0 Å². The van der Waals surface area contributed by atoms with Crippen LogP contribution >= 0.6 is 0 Å². The van der Waals surface area contributed by atoms with E-state index in [4.69, 9.17) is 4.74 Å². The number of nitrogens with one attached hydrogen (secondary N) is 1. The van der Waals surface area contributed by atoms with Crippen LogP contribution in [0.25, 0.3) is 0 Å². The van der Waals surface area contributed by atoms with Gasteiger partial charge in [0, 0.05) is 6.54 Å². The summed E-state index contributed by atoms with van der Waals surface area (Å²) in [4.78, 5) is 15.4. The van der Waals surface area contributed by atoms with Gasteiger partial charge in [0.05, 0.1) is 13.2 Å². The Bertz CT molecular complexity index is 161. The molecule has 5 heteroatoms. The second-order valence-electron chi connectivity index (χ2n) is 2.30. The van der Waals surface area contributed by atoms with E-state index in [0.717, 1.165) is 0 Å². The van der Waals surface area contributed by atoms with Crippen molar-refractivity contribution >= 4 is 5.97 Å². The van der Waals surface area contributed by atoms with Crippen LogP contribution in [0.2, 0.25) is 0 Å². The number of hydrogen-bond donors (Lipinski definition) is 1. The van der Waals surface area contributed by atoms with E-state index in [1.807, 2.05) is 0 Å². The molecule has 2 saturated heterocycles. The number of carbonyl (C=O) groups excluding carboxylic acids is 1. The molecule has 0 aromatic rings. The first kappa shape index (κ1) is 6.09. The molecule has 2 rings (SSSR count). The monoisotopic (exact) mass is 144 g/mol. The summed E-state index contributed by atoms with van der Waals surface area (Å²) in [7, 11) is 0. The lowest BCUT2D eigenvalue weighted by Crippen LogP contribution is -2.47. The first-order valence-electron chi connectivity index (χ1n) is 3.18. The zero-order valence-corrected chi connectivity index (χ0v) is 5.37. The average molecular weight is 144 g/mol. The Morgan fingerprint density at radius 1 is 1.70 bits per heavy atom. The number of nitrogens with zero attached hydrogens (tertiary/aromatic N) is 1. The number of fused-ring (bicyclic) bond motifs is 1. The first-order chi connectivity index (χ1) is 4.88. The van der Waals surface area contributed by atoms with Crippen LogP contribution in [0.1, 0.15) is 0 Å². The van der Waals surface area contributed by atoms with E-state index in [-0.39, 0.29) is 12.0 Å². The predicted octanol–water partition coefficient (Wildman–Crippen LogP) is -1.34. The van der Waals surface area contributed by atoms with Gasteiger partial charge in [-0.15, -0.1) is 0 Å². The first-order valence-corrected chi connectivity index (χ1v) is 3.18. The predicted molar refractivity (Wildman–Crippen MR) is 30.5 cm³/mol. The van der Waals surface area contributed by atoms with Crippen molar-refractivity contribution in [2.45, 2.75) is 6.04 Å². The number of morpholine rings is 1. The van der Waals surface area contributed by atoms with Gasteiger partial charge in [-0.1, -0.05) is 5.59 Å². The summed E-state index contributed by atoms with van der Waals surface area (Å²) in [5, 5.41) is 1.74. The summed E-state index contributed by atoms with van der Waals surface area (Å²) in [5.74, 6) is -0.250. The van der Waals surface area contributed by atoms with Crippen LogP contribution in [-0.4, -0.2) is 36.8 Å². The minimum Gasteiger partial charge on any atom is -0.378 e. The minimum atomic E-state index is -0.250. The fourth-order valence-electron chi connectivity index (χ4n) is 1.08. The van der Waals surface area contributed by atoms with Gasteiger partial charge in [0.2, 0.25) is 0 Å². The van der Waals surface area contributed by atoms with Crippen molar-refractivity contribution in [1.82, 2.24) is 10.6 Å². The molecule has 1 unspecified atom stereocenters. The molecular formula is C5H8N2O3. The molecule has 2 aliphatic rings. The normalized spacial score (nSPS) is 33.6. The van der Waals surface area contributed by atoms with Crippen molar-refractivity contribution in [2.75, 3.05) is 19.8 Å². The average Bonchev–Trinajstić information content (AvgIpc) is 2.34. The highest BCUT2D eigenvalue weighted by Crippen LogP contribution is 2.10. The summed E-state index contributed by atoms with van der Waals surface area (Å²) >= 11 is 0. The second-order valence-corrected chi connectivity index (χ2v) is 2.30. The minimum absolute atomic E-state index is 0.228. The van der Waals surface area contributed by atoms with E-state index in [9.17, 15) is 4.79 Å². The molecule has 2 fully saturated rings. The molecule has 0 spiro atoms. The molecule has 0 aliphatic carbocycles. The molecule has 1 N–H and O–H groups in total. The highest BCUT2D eigenvalue weighted by atomic mass is 16.7. The Kier molecular flexibility index (Phi) is 1.33. The van der Waals surface area contributed by atoms with Crippen LogP contribution in [-0.2, 0) is 14.4 Å². The van der Waals surface area contributed by atoms with Crippen molar-refractivity contribution in [1.29, 1.82) is 0 Å².